The van der Waals surface area contributed by atoms with Gasteiger partial charge in [0.2, 0.25) is 5.90 Å². The second kappa shape index (κ2) is 3.46. The Bertz CT molecular complexity index is 414. The van der Waals surface area contributed by atoms with Crippen LogP contribution in [-0.4, -0.2) is 28.3 Å². The average Bonchev–Trinajstić information content (AvgIpc) is 2.51. The van der Waals surface area contributed by atoms with Gasteiger partial charge in [0.05, 0.1) is 11.6 Å². The lowest BCUT2D eigenvalue weighted by molar-refractivity contribution is 0.218. The number of ether oxygens (including phenoxy) is 1. The van der Waals surface area contributed by atoms with Gasteiger partial charge in [0, 0.05) is 0 Å². The molecule has 2 rings (SSSR count). The highest BCUT2D eigenvalue weighted by atomic mass is 16.5. The van der Waals surface area contributed by atoms with Crippen LogP contribution < -0.4 is 0 Å². The molecule has 0 amide bonds. The minimum absolute atomic E-state index is 0.00162. The Kier molecular flexibility index (Phi) is 2.26. The van der Waals surface area contributed by atoms with Crippen molar-refractivity contribution in [2.75, 3.05) is 0 Å². The van der Waals surface area contributed by atoms with Crippen molar-refractivity contribution in [1.82, 2.24) is 0 Å². The summed E-state index contributed by atoms with van der Waals surface area (Å²) in [6, 6.07) is 4.80. The fourth-order valence-corrected chi connectivity index (χ4v) is 1.43. The lowest BCUT2D eigenvalue weighted by Crippen LogP contribution is -2.14. The van der Waals surface area contributed by atoms with E-state index in [-0.39, 0.29) is 23.6 Å². The zero-order valence-electron chi connectivity index (χ0n) is 8.64. The molecule has 80 valence electrons. The van der Waals surface area contributed by atoms with Crippen LogP contribution in [0.4, 0.5) is 0 Å². The molecule has 1 aromatic carbocycles. The summed E-state index contributed by atoms with van der Waals surface area (Å²) in [4.78, 5) is 4.27. The molecule has 0 bridgehead atoms. The predicted octanol–water partition coefficient (Wildman–Crippen LogP) is 1.65. The van der Waals surface area contributed by atoms with E-state index >= 15 is 0 Å². The van der Waals surface area contributed by atoms with Crippen LogP contribution in [0, 0.1) is 0 Å². The number of hydrogen-bond donors (Lipinski definition) is 2. The number of benzene rings is 1. The lowest BCUT2D eigenvalue weighted by Gasteiger charge is -2.09. The van der Waals surface area contributed by atoms with Crippen LogP contribution in [0.15, 0.2) is 23.2 Å². The summed E-state index contributed by atoms with van der Waals surface area (Å²) in [7, 11) is 0. The molecule has 1 aromatic rings. The van der Waals surface area contributed by atoms with Crippen molar-refractivity contribution in [3.63, 3.8) is 0 Å². The van der Waals surface area contributed by atoms with Gasteiger partial charge < -0.3 is 14.9 Å². The molecule has 1 aliphatic heterocycles. The second-order valence-corrected chi connectivity index (χ2v) is 3.67. The Morgan fingerprint density at radius 1 is 1.27 bits per heavy atom. The number of hydrogen-bond acceptors (Lipinski definition) is 4. The molecule has 4 heteroatoms. The molecule has 0 aromatic heterocycles. The van der Waals surface area contributed by atoms with Crippen molar-refractivity contribution in [2.45, 2.75) is 26.0 Å². The summed E-state index contributed by atoms with van der Waals surface area (Å²) in [6.07, 6.45) is 0.00162. The van der Waals surface area contributed by atoms with Gasteiger partial charge in [0.1, 0.15) is 6.10 Å². The maximum atomic E-state index is 9.62. The smallest absolute Gasteiger partial charge is 0.220 e. The Balaban J connectivity index is 2.39. The van der Waals surface area contributed by atoms with Crippen LogP contribution in [0.5, 0.6) is 11.5 Å². The van der Waals surface area contributed by atoms with Gasteiger partial charge >= 0.3 is 0 Å². The van der Waals surface area contributed by atoms with Gasteiger partial charge in [-0.2, -0.15) is 0 Å². The summed E-state index contributed by atoms with van der Waals surface area (Å²) >= 11 is 0. The topological polar surface area (TPSA) is 62.0 Å². The Labute approximate surface area is 87.8 Å². The van der Waals surface area contributed by atoms with Crippen LogP contribution >= 0.6 is 0 Å². The van der Waals surface area contributed by atoms with Crippen LogP contribution in [0.25, 0.3) is 0 Å². The zero-order valence-corrected chi connectivity index (χ0v) is 8.64. The summed E-state index contributed by atoms with van der Waals surface area (Å²) in [5.74, 6) is 0.0481. The predicted molar refractivity (Wildman–Crippen MR) is 56.3 cm³/mol. The van der Waals surface area contributed by atoms with Gasteiger partial charge in [-0.25, -0.2) is 4.99 Å². The number of rotatable bonds is 1. The Morgan fingerprint density at radius 2 is 2.00 bits per heavy atom. The number of phenolic OH excluding ortho intramolecular Hbond substituents is 2. The van der Waals surface area contributed by atoms with E-state index in [1.807, 2.05) is 13.8 Å². The van der Waals surface area contributed by atoms with Crippen LogP contribution in [-0.2, 0) is 4.74 Å². The molecule has 1 unspecified atom stereocenters. The Morgan fingerprint density at radius 3 is 2.60 bits per heavy atom. The highest BCUT2D eigenvalue weighted by Gasteiger charge is 2.26. The molecule has 0 fully saturated rings. The summed E-state index contributed by atoms with van der Waals surface area (Å²) in [5.41, 5.74) is 0.436. The van der Waals surface area contributed by atoms with Gasteiger partial charge in [-0.15, -0.1) is 0 Å². The molecule has 15 heavy (non-hydrogen) atoms. The van der Waals surface area contributed by atoms with Gasteiger partial charge in [-0.1, -0.05) is 6.07 Å². The molecule has 0 saturated heterocycles. The van der Waals surface area contributed by atoms with Crippen molar-refractivity contribution in [3.8, 4) is 11.5 Å². The lowest BCUT2D eigenvalue weighted by atomic mass is 10.2. The van der Waals surface area contributed by atoms with Gasteiger partial charge in [-0.3, -0.25) is 0 Å². The molecule has 0 spiro atoms. The minimum Gasteiger partial charge on any atom is -0.504 e. The number of aliphatic imine (C=N–C) groups is 1. The Hall–Kier alpha value is -1.71. The molecule has 2 N–H and O–H groups in total. The highest BCUT2D eigenvalue weighted by Crippen LogP contribution is 2.31. The number of nitrogens with zero attached hydrogens (tertiary/aromatic N) is 1. The van der Waals surface area contributed by atoms with Gasteiger partial charge in [0.25, 0.3) is 0 Å². The standard InChI is InChI=1S/C11H13NO3/c1-6-7(2)15-11(12-6)8-4-3-5-9(13)10(8)14/h3-7,13-14H,1-2H3/t6-,7?/m1/s1. The van der Waals surface area contributed by atoms with E-state index in [9.17, 15) is 10.2 Å². The van der Waals surface area contributed by atoms with Crippen LogP contribution in [0.1, 0.15) is 19.4 Å². The van der Waals surface area contributed by atoms with Crippen LogP contribution in [0.3, 0.4) is 0 Å². The zero-order chi connectivity index (χ0) is 11.0. The van der Waals surface area contributed by atoms with Crippen molar-refractivity contribution in [1.29, 1.82) is 0 Å². The van der Waals surface area contributed by atoms with Gasteiger partial charge in [0.15, 0.2) is 11.5 Å². The molecule has 0 saturated carbocycles. The van der Waals surface area contributed by atoms with E-state index in [4.69, 9.17) is 4.74 Å². The first kappa shape index (κ1) is 9.83. The van der Waals surface area contributed by atoms with Crippen LogP contribution in [0.2, 0.25) is 0 Å². The highest BCUT2D eigenvalue weighted by molar-refractivity contribution is 5.98. The molecule has 0 radical (unpaired) electrons. The fourth-order valence-electron chi connectivity index (χ4n) is 1.43. The third-order valence-corrected chi connectivity index (χ3v) is 2.54. The third kappa shape index (κ3) is 1.63. The van der Waals surface area contributed by atoms with Crippen molar-refractivity contribution < 1.29 is 14.9 Å². The van der Waals surface area contributed by atoms with E-state index < -0.39 is 0 Å². The molecule has 1 heterocycles. The summed E-state index contributed by atoms with van der Waals surface area (Å²) in [6.45, 7) is 3.86. The van der Waals surface area contributed by atoms with Crippen molar-refractivity contribution in [2.24, 2.45) is 4.99 Å². The van der Waals surface area contributed by atoms with Crippen molar-refractivity contribution >= 4 is 5.90 Å². The quantitative estimate of drug-likeness (QED) is 0.688. The molecule has 4 nitrogen and oxygen atoms in total. The summed E-state index contributed by atoms with van der Waals surface area (Å²) in [5, 5.41) is 19.0. The second-order valence-electron chi connectivity index (χ2n) is 3.67. The van der Waals surface area contributed by atoms with E-state index in [2.05, 4.69) is 4.99 Å². The number of para-hydroxylation sites is 1. The molecular weight excluding hydrogens is 194 g/mol. The number of phenols is 2. The molecule has 2 atom stereocenters. The van der Waals surface area contributed by atoms with Gasteiger partial charge in [-0.05, 0) is 26.0 Å². The molecular formula is C11H13NO3. The van der Waals surface area contributed by atoms with E-state index in [1.54, 1.807) is 12.1 Å². The first-order valence-corrected chi connectivity index (χ1v) is 4.85. The largest absolute Gasteiger partial charge is 0.504 e. The molecule has 1 aliphatic rings. The fraction of sp³-hybridized carbons (Fsp3) is 0.364. The maximum Gasteiger partial charge on any atom is 0.220 e. The maximum absolute atomic E-state index is 9.62. The summed E-state index contributed by atoms with van der Waals surface area (Å²) < 4.78 is 5.47. The first-order valence-electron chi connectivity index (χ1n) is 4.85. The minimum atomic E-state index is -0.183. The normalized spacial score (nSPS) is 24.8. The monoisotopic (exact) mass is 207 g/mol. The van der Waals surface area contributed by atoms with E-state index in [1.165, 1.54) is 6.07 Å². The first-order chi connectivity index (χ1) is 7.09. The van der Waals surface area contributed by atoms with E-state index in [0.29, 0.717) is 11.5 Å². The third-order valence-electron chi connectivity index (χ3n) is 2.54. The SMILES string of the molecule is CC1OC(c2cccc(O)c2O)=N[C@@H]1C. The number of aromatic hydroxyl groups is 2. The van der Waals surface area contributed by atoms with E-state index in [0.717, 1.165) is 0 Å². The molecule has 0 aliphatic carbocycles. The van der Waals surface area contributed by atoms with Crippen molar-refractivity contribution in [3.05, 3.63) is 23.8 Å². The average molecular weight is 207 g/mol.